The summed E-state index contributed by atoms with van der Waals surface area (Å²) in [6.07, 6.45) is 3.82. The van der Waals surface area contributed by atoms with Gasteiger partial charge in [0.2, 0.25) is 0 Å². The lowest BCUT2D eigenvalue weighted by Gasteiger charge is -2.12. The van der Waals surface area contributed by atoms with Gasteiger partial charge < -0.3 is 5.11 Å². The monoisotopic (exact) mass is 262 g/mol. The molecule has 4 nitrogen and oxygen atoms in total. The first-order chi connectivity index (χ1) is 8.56. The first kappa shape index (κ1) is 12.9. The van der Waals surface area contributed by atoms with Crippen LogP contribution in [0.15, 0.2) is 17.3 Å². The topological polar surface area (TPSA) is 74.0 Å². The van der Waals surface area contributed by atoms with Crippen LogP contribution in [0.4, 0.5) is 0 Å². The average Bonchev–Trinajstić information content (AvgIpc) is 3.06. The number of carbonyl (C=O) groups is 1. The molecule has 0 amide bonds. The predicted molar refractivity (Wildman–Crippen MR) is 68.3 cm³/mol. The van der Waals surface area contributed by atoms with Crippen molar-refractivity contribution in [3.8, 4) is 6.07 Å². The van der Waals surface area contributed by atoms with Crippen LogP contribution in [0.5, 0.6) is 0 Å². The van der Waals surface area contributed by atoms with Gasteiger partial charge in [0, 0.05) is 11.9 Å². The van der Waals surface area contributed by atoms with Crippen LogP contribution in [-0.2, 0) is 4.79 Å². The molecule has 1 aliphatic rings. The lowest BCUT2D eigenvalue weighted by Crippen LogP contribution is -2.11. The van der Waals surface area contributed by atoms with Gasteiger partial charge in [-0.25, -0.2) is 4.98 Å². The molecule has 0 saturated heterocycles. The molecule has 1 N–H and O–H groups in total. The van der Waals surface area contributed by atoms with Crippen LogP contribution in [0.1, 0.15) is 30.4 Å². The quantitative estimate of drug-likeness (QED) is 0.826. The van der Waals surface area contributed by atoms with Crippen molar-refractivity contribution in [1.29, 1.82) is 5.26 Å². The first-order valence-corrected chi connectivity index (χ1v) is 6.75. The second-order valence-electron chi connectivity index (χ2n) is 4.78. The zero-order valence-electron chi connectivity index (χ0n) is 10.1. The Morgan fingerprint density at radius 1 is 1.67 bits per heavy atom. The minimum Gasteiger partial charge on any atom is -0.481 e. The summed E-state index contributed by atoms with van der Waals surface area (Å²) >= 11 is 1.50. The van der Waals surface area contributed by atoms with Crippen molar-refractivity contribution < 1.29 is 9.90 Å². The van der Waals surface area contributed by atoms with Gasteiger partial charge in [-0.1, -0.05) is 0 Å². The molecule has 0 unspecified atom stereocenters. The SMILES string of the molecule is Cc1ccnc(SCC2(CC(=O)O)CC2)c1C#N. The Morgan fingerprint density at radius 2 is 2.39 bits per heavy atom. The van der Waals surface area contributed by atoms with E-state index in [4.69, 9.17) is 10.4 Å². The fourth-order valence-corrected chi connectivity index (χ4v) is 3.19. The molecule has 0 bridgehead atoms. The van der Waals surface area contributed by atoms with Gasteiger partial charge in [-0.2, -0.15) is 5.26 Å². The van der Waals surface area contributed by atoms with Crippen molar-refractivity contribution in [3.63, 3.8) is 0 Å². The standard InChI is InChI=1S/C13H14N2O2S/c1-9-2-5-15-12(10(9)7-14)18-8-13(3-4-13)6-11(16)17/h2,5H,3-4,6,8H2,1H3,(H,16,17). The van der Waals surface area contributed by atoms with E-state index in [0.717, 1.165) is 24.2 Å². The third kappa shape index (κ3) is 2.82. The van der Waals surface area contributed by atoms with Gasteiger partial charge in [-0.05, 0) is 36.8 Å². The van der Waals surface area contributed by atoms with Gasteiger partial charge >= 0.3 is 5.97 Å². The number of aromatic nitrogens is 1. The molecule has 1 saturated carbocycles. The highest BCUT2D eigenvalue weighted by Crippen LogP contribution is 2.52. The predicted octanol–water partition coefficient (Wildman–Crippen LogP) is 2.61. The van der Waals surface area contributed by atoms with Gasteiger partial charge in [-0.15, -0.1) is 11.8 Å². The Morgan fingerprint density at radius 3 is 2.94 bits per heavy atom. The molecule has 5 heteroatoms. The Balaban J connectivity index is 2.05. The van der Waals surface area contributed by atoms with Crippen molar-refractivity contribution in [2.75, 3.05) is 5.75 Å². The second kappa shape index (κ2) is 4.99. The number of nitriles is 1. The largest absolute Gasteiger partial charge is 0.481 e. The maximum Gasteiger partial charge on any atom is 0.303 e. The maximum absolute atomic E-state index is 10.8. The number of nitrogens with zero attached hydrogens (tertiary/aromatic N) is 2. The van der Waals surface area contributed by atoms with Crippen LogP contribution in [0.25, 0.3) is 0 Å². The number of thioether (sulfide) groups is 1. The van der Waals surface area contributed by atoms with Crippen LogP contribution in [0.2, 0.25) is 0 Å². The van der Waals surface area contributed by atoms with E-state index in [1.54, 1.807) is 6.20 Å². The molecule has 18 heavy (non-hydrogen) atoms. The molecule has 0 radical (unpaired) electrons. The van der Waals surface area contributed by atoms with Crippen LogP contribution >= 0.6 is 11.8 Å². The minimum atomic E-state index is -0.745. The molecule has 94 valence electrons. The summed E-state index contributed by atoms with van der Waals surface area (Å²) in [5, 5.41) is 18.7. The molecule has 1 heterocycles. The number of pyridine rings is 1. The smallest absolute Gasteiger partial charge is 0.303 e. The number of hydrogen-bond acceptors (Lipinski definition) is 4. The number of aryl methyl sites for hydroxylation is 1. The van der Waals surface area contributed by atoms with Crippen molar-refractivity contribution in [1.82, 2.24) is 4.98 Å². The molecule has 2 rings (SSSR count). The summed E-state index contributed by atoms with van der Waals surface area (Å²) in [7, 11) is 0. The van der Waals surface area contributed by atoms with Crippen molar-refractivity contribution in [2.45, 2.75) is 31.2 Å². The van der Waals surface area contributed by atoms with Crippen LogP contribution in [0, 0.1) is 23.7 Å². The molecule has 1 aromatic heterocycles. The second-order valence-corrected chi connectivity index (χ2v) is 5.74. The lowest BCUT2D eigenvalue weighted by molar-refractivity contribution is -0.138. The molecule has 0 aromatic carbocycles. The summed E-state index contributed by atoms with van der Waals surface area (Å²) in [5.74, 6) is -0.0180. The third-order valence-corrected chi connectivity index (χ3v) is 4.57. The Kier molecular flexibility index (Phi) is 3.58. The molecule has 0 aliphatic heterocycles. The fraction of sp³-hybridized carbons (Fsp3) is 0.462. The summed E-state index contributed by atoms with van der Waals surface area (Å²) in [5.41, 5.74) is 1.45. The van der Waals surface area contributed by atoms with Crippen LogP contribution in [-0.4, -0.2) is 21.8 Å². The Hall–Kier alpha value is -1.54. The van der Waals surface area contributed by atoms with E-state index >= 15 is 0 Å². The van der Waals surface area contributed by atoms with Gasteiger partial charge in [0.1, 0.15) is 11.1 Å². The molecule has 1 aromatic rings. The first-order valence-electron chi connectivity index (χ1n) is 5.77. The van der Waals surface area contributed by atoms with E-state index in [9.17, 15) is 4.79 Å². The van der Waals surface area contributed by atoms with Crippen molar-refractivity contribution in [3.05, 3.63) is 23.4 Å². The average molecular weight is 262 g/mol. The van der Waals surface area contributed by atoms with E-state index < -0.39 is 5.97 Å². The summed E-state index contributed by atoms with van der Waals surface area (Å²) in [4.78, 5) is 15.0. The lowest BCUT2D eigenvalue weighted by atomic mass is 10.1. The van der Waals surface area contributed by atoms with Gasteiger partial charge in [0.05, 0.1) is 12.0 Å². The van der Waals surface area contributed by atoms with Gasteiger partial charge in [0.25, 0.3) is 0 Å². The Labute approximate surface area is 110 Å². The number of carboxylic acids is 1. The van der Waals surface area contributed by atoms with E-state index in [0.29, 0.717) is 10.6 Å². The molecule has 0 spiro atoms. The van der Waals surface area contributed by atoms with E-state index in [1.807, 2.05) is 13.0 Å². The van der Waals surface area contributed by atoms with Crippen LogP contribution in [0.3, 0.4) is 0 Å². The maximum atomic E-state index is 10.8. The third-order valence-electron chi connectivity index (χ3n) is 3.23. The zero-order valence-corrected chi connectivity index (χ0v) is 11.0. The highest BCUT2D eigenvalue weighted by Gasteiger charge is 2.44. The highest BCUT2D eigenvalue weighted by atomic mass is 32.2. The number of rotatable bonds is 5. The van der Waals surface area contributed by atoms with Gasteiger partial charge in [-0.3, -0.25) is 4.79 Å². The molecular weight excluding hydrogens is 248 g/mol. The minimum absolute atomic E-state index is 0.0748. The van der Waals surface area contributed by atoms with Gasteiger partial charge in [0.15, 0.2) is 0 Å². The molecule has 0 atom stereocenters. The van der Waals surface area contributed by atoms with E-state index in [2.05, 4.69) is 11.1 Å². The highest BCUT2D eigenvalue weighted by molar-refractivity contribution is 7.99. The molecule has 1 fully saturated rings. The zero-order chi connectivity index (χ0) is 13.2. The summed E-state index contributed by atoms with van der Waals surface area (Å²) in [6.45, 7) is 1.88. The van der Waals surface area contributed by atoms with Crippen molar-refractivity contribution in [2.24, 2.45) is 5.41 Å². The number of hydrogen-bond donors (Lipinski definition) is 1. The Bertz CT molecular complexity index is 518. The summed E-state index contributed by atoms with van der Waals surface area (Å²) in [6, 6.07) is 3.97. The van der Waals surface area contributed by atoms with Crippen LogP contribution < -0.4 is 0 Å². The number of aliphatic carboxylic acids is 1. The summed E-state index contributed by atoms with van der Waals surface area (Å²) < 4.78 is 0. The van der Waals surface area contributed by atoms with E-state index in [1.165, 1.54) is 11.8 Å². The van der Waals surface area contributed by atoms with E-state index in [-0.39, 0.29) is 11.8 Å². The number of carboxylic acid groups (broad SMARTS) is 1. The normalized spacial score (nSPS) is 16.0. The molecule has 1 aliphatic carbocycles. The van der Waals surface area contributed by atoms with Crippen molar-refractivity contribution >= 4 is 17.7 Å². The molecular formula is C13H14N2O2S. The fourth-order valence-electron chi connectivity index (χ4n) is 1.87.